The molecule has 0 bridgehead atoms. The monoisotopic (exact) mass is 739 g/mol. The topological polar surface area (TPSA) is 16.4 Å². The number of hydrogen-bond donors (Lipinski definition) is 0. The van der Waals surface area contributed by atoms with Gasteiger partial charge in [-0.3, -0.25) is 0 Å². The fourth-order valence-electron chi connectivity index (χ4n) is 8.68. The van der Waals surface area contributed by atoms with Crippen LogP contribution in [0.5, 0.6) is 0 Å². The van der Waals surface area contributed by atoms with E-state index in [9.17, 15) is 0 Å². The Kier molecular flexibility index (Phi) is 8.19. The van der Waals surface area contributed by atoms with Gasteiger partial charge in [0.2, 0.25) is 0 Å². The SMILES string of the molecule is c1ccc(-c2ccc3c(c2)oc2c(N(c4ccc(-c5ccc6ccccc6c5-c5ccccc5)cc4)c4ccc(-c5cccc6ccccc56)cc4)cccc23)cc1. The molecule has 2 heteroatoms. The average molecular weight is 740 g/mol. The summed E-state index contributed by atoms with van der Waals surface area (Å²) in [7, 11) is 0. The van der Waals surface area contributed by atoms with Gasteiger partial charge >= 0.3 is 0 Å². The standard InChI is InChI=1S/C56H37NO/c1-3-13-38(14-4-1)44-30-36-51-52-23-12-24-53(56(52)58-54(51)37-44)57(45-31-25-41(26-32-45)48-22-11-19-39-15-7-9-20-47(39)48)46-33-27-42(28-34-46)50-35-29-40-16-8-10-21-49(40)55(50)43-17-5-2-6-18-43/h1-37H. The zero-order valence-electron chi connectivity index (χ0n) is 31.7. The molecule has 10 aromatic carbocycles. The highest BCUT2D eigenvalue weighted by Gasteiger charge is 2.21. The molecule has 0 aliphatic heterocycles. The summed E-state index contributed by atoms with van der Waals surface area (Å²) in [6.07, 6.45) is 0. The fourth-order valence-corrected chi connectivity index (χ4v) is 8.68. The van der Waals surface area contributed by atoms with Crippen LogP contribution in [0.15, 0.2) is 229 Å². The van der Waals surface area contributed by atoms with Crippen molar-refractivity contribution in [1.82, 2.24) is 0 Å². The summed E-state index contributed by atoms with van der Waals surface area (Å²) in [5, 5.41) is 7.15. The van der Waals surface area contributed by atoms with Crippen molar-refractivity contribution in [1.29, 1.82) is 0 Å². The Balaban J connectivity index is 1.07. The van der Waals surface area contributed by atoms with Crippen molar-refractivity contribution in [3.05, 3.63) is 224 Å². The first kappa shape index (κ1) is 33.6. The fraction of sp³-hybridized carbons (Fsp3) is 0. The number of nitrogens with zero attached hydrogens (tertiary/aromatic N) is 1. The number of para-hydroxylation sites is 1. The summed E-state index contributed by atoms with van der Waals surface area (Å²) >= 11 is 0. The van der Waals surface area contributed by atoms with E-state index in [2.05, 4.69) is 229 Å². The predicted molar refractivity (Wildman–Crippen MR) is 245 cm³/mol. The Bertz CT molecular complexity index is 3250. The van der Waals surface area contributed by atoms with Gasteiger partial charge in [0.25, 0.3) is 0 Å². The third-order valence-corrected chi connectivity index (χ3v) is 11.5. The number of benzene rings is 10. The molecule has 0 saturated carbocycles. The minimum absolute atomic E-state index is 0.853. The highest BCUT2D eigenvalue weighted by atomic mass is 16.3. The summed E-state index contributed by atoms with van der Waals surface area (Å²) in [5.74, 6) is 0. The predicted octanol–water partition coefficient (Wildman–Crippen LogP) is 16.0. The summed E-state index contributed by atoms with van der Waals surface area (Å²) in [6.45, 7) is 0. The van der Waals surface area contributed by atoms with E-state index in [0.29, 0.717) is 0 Å². The molecule has 0 aliphatic rings. The third kappa shape index (κ3) is 5.82. The van der Waals surface area contributed by atoms with Gasteiger partial charge in [0.05, 0.1) is 5.69 Å². The van der Waals surface area contributed by atoms with Crippen LogP contribution in [0.4, 0.5) is 17.1 Å². The summed E-state index contributed by atoms with van der Waals surface area (Å²) < 4.78 is 6.87. The van der Waals surface area contributed by atoms with E-state index >= 15 is 0 Å². The van der Waals surface area contributed by atoms with Gasteiger partial charge in [-0.25, -0.2) is 0 Å². The van der Waals surface area contributed by atoms with Crippen molar-refractivity contribution in [2.24, 2.45) is 0 Å². The van der Waals surface area contributed by atoms with E-state index in [-0.39, 0.29) is 0 Å². The first-order valence-electron chi connectivity index (χ1n) is 19.8. The van der Waals surface area contributed by atoms with Crippen LogP contribution < -0.4 is 4.90 Å². The lowest BCUT2D eigenvalue weighted by molar-refractivity contribution is 0.669. The van der Waals surface area contributed by atoms with Gasteiger partial charge in [-0.2, -0.15) is 0 Å². The Morgan fingerprint density at radius 1 is 0.310 bits per heavy atom. The van der Waals surface area contributed by atoms with Crippen LogP contribution in [0, 0.1) is 0 Å². The number of rotatable bonds is 7. The second-order valence-corrected chi connectivity index (χ2v) is 14.9. The molecule has 1 aromatic heterocycles. The Hall–Kier alpha value is -7.68. The normalized spacial score (nSPS) is 11.4. The van der Waals surface area contributed by atoms with Gasteiger partial charge in [0.1, 0.15) is 5.58 Å². The highest BCUT2D eigenvalue weighted by Crippen LogP contribution is 2.45. The minimum Gasteiger partial charge on any atom is -0.454 e. The largest absolute Gasteiger partial charge is 0.454 e. The maximum atomic E-state index is 6.87. The molecular weight excluding hydrogens is 703 g/mol. The lowest BCUT2D eigenvalue weighted by Crippen LogP contribution is -2.10. The molecule has 0 radical (unpaired) electrons. The Labute approximate surface area is 337 Å². The van der Waals surface area contributed by atoms with Crippen LogP contribution in [0.2, 0.25) is 0 Å². The van der Waals surface area contributed by atoms with E-state index in [1.807, 2.05) is 0 Å². The van der Waals surface area contributed by atoms with Crippen molar-refractivity contribution in [2.75, 3.05) is 4.90 Å². The lowest BCUT2D eigenvalue weighted by Gasteiger charge is -2.26. The molecule has 58 heavy (non-hydrogen) atoms. The number of fused-ring (bicyclic) bond motifs is 5. The maximum absolute atomic E-state index is 6.87. The van der Waals surface area contributed by atoms with Gasteiger partial charge in [-0.15, -0.1) is 0 Å². The Morgan fingerprint density at radius 3 is 1.59 bits per heavy atom. The summed E-state index contributed by atoms with van der Waals surface area (Å²) in [6, 6.07) is 80.5. The Morgan fingerprint density at radius 2 is 0.862 bits per heavy atom. The van der Waals surface area contributed by atoms with E-state index in [1.165, 1.54) is 54.9 Å². The molecule has 11 rings (SSSR count). The smallest absolute Gasteiger partial charge is 0.159 e. The van der Waals surface area contributed by atoms with Crippen LogP contribution in [-0.2, 0) is 0 Å². The zero-order chi connectivity index (χ0) is 38.4. The molecule has 0 aliphatic carbocycles. The van der Waals surface area contributed by atoms with Crippen LogP contribution in [0.1, 0.15) is 0 Å². The molecule has 0 spiro atoms. The number of anilines is 3. The first-order valence-corrected chi connectivity index (χ1v) is 19.8. The maximum Gasteiger partial charge on any atom is 0.159 e. The summed E-state index contributed by atoms with van der Waals surface area (Å²) in [4.78, 5) is 2.33. The molecule has 0 saturated heterocycles. The quantitative estimate of drug-likeness (QED) is 0.162. The van der Waals surface area contributed by atoms with Gasteiger partial charge in [0, 0.05) is 22.1 Å². The first-order chi connectivity index (χ1) is 28.8. The van der Waals surface area contributed by atoms with Crippen LogP contribution in [0.25, 0.3) is 88.0 Å². The van der Waals surface area contributed by atoms with E-state index in [1.54, 1.807) is 0 Å². The molecule has 0 fully saturated rings. The third-order valence-electron chi connectivity index (χ3n) is 11.5. The van der Waals surface area contributed by atoms with Crippen LogP contribution in [0.3, 0.4) is 0 Å². The minimum atomic E-state index is 0.853. The van der Waals surface area contributed by atoms with Gasteiger partial charge < -0.3 is 9.32 Å². The van der Waals surface area contributed by atoms with E-state index in [4.69, 9.17) is 4.42 Å². The molecule has 11 aromatic rings. The van der Waals surface area contributed by atoms with Crippen molar-refractivity contribution in [2.45, 2.75) is 0 Å². The molecule has 0 atom stereocenters. The van der Waals surface area contributed by atoms with E-state index in [0.717, 1.165) is 50.1 Å². The molecule has 0 unspecified atom stereocenters. The van der Waals surface area contributed by atoms with Crippen molar-refractivity contribution in [3.8, 4) is 44.5 Å². The highest BCUT2D eigenvalue weighted by molar-refractivity contribution is 6.11. The zero-order valence-corrected chi connectivity index (χ0v) is 31.7. The number of hydrogen-bond acceptors (Lipinski definition) is 2. The molecule has 0 amide bonds. The van der Waals surface area contributed by atoms with Gasteiger partial charge in [-0.05, 0) is 109 Å². The van der Waals surface area contributed by atoms with Crippen molar-refractivity contribution < 1.29 is 4.42 Å². The van der Waals surface area contributed by atoms with Crippen molar-refractivity contribution in [3.63, 3.8) is 0 Å². The summed E-state index contributed by atoms with van der Waals surface area (Å²) in [5.41, 5.74) is 14.3. The molecule has 1 heterocycles. The number of furan rings is 1. The van der Waals surface area contributed by atoms with Crippen LogP contribution in [-0.4, -0.2) is 0 Å². The van der Waals surface area contributed by atoms with Gasteiger partial charge in [-0.1, -0.05) is 182 Å². The molecule has 272 valence electrons. The molecule has 0 N–H and O–H groups in total. The van der Waals surface area contributed by atoms with Crippen molar-refractivity contribution >= 4 is 60.5 Å². The second kappa shape index (κ2) is 14.1. The molecule has 2 nitrogen and oxygen atoms in total. The van der Waals surface area contributed by atoms with E-state index < -0.39 is 0 Å². The van der Waals surface area contributed by atoms with Gasteiger partial charge in [0.15, 0.2) is 5.58 Å². The lowest BCUT2D eigenvalue weighted by atomic mass is 9.90. The van der Waals surface area contributed by atoms with Crippen LogP contribution >= 0.6 is 0 Å². The second-order valence-electron chi connectivity index (χ2n) is 14.9. The molecular formula is C56H37NO. The average Bonchev–Trinajstić information content (AvgIpc) is 3.68.